The van der Waals surface area contributed by atoms with Crippen molar-refractivity contribution in [3.05, 3.63) is 45.9 Å². The molecule has 0 aliphatic carbocycles. The summed E-state index contributed by atoms with van der Waals surface area (Å²) in [5, 5.41) is 0.494. The van der Waals surface area contributed by atoms with Crippen molar-refractivity contribution in [1.82, 2.24) is 4.98 Å². The van der Waals surface area contributed by atoms with Gasteiger partial charge in [0.15, 0.2) is 5.58 Å². The highest BCUT2D eigenvalue weighted by molar-refractivity contribution is 9.10. The van der Waals surface area contributed by atoms with Crippen LogP contribution in [0.3, 0.4) is 0 Å². The van der Waals surface area contributed by atoms with Crippen LogP contribution in [0.4, 0.5) is 5.69 Å². The molecule has 0 spiro atoms. The number of para-hydroxylation sites is 2. The second kappa shape index (κ2) is 4.30. The molecular formula is C13H8BrClN2O. The predicted octanol–water partition coefficient (Wildman–Crippen LogP) is 4.49. The van der Waals surface area contributed by atoms with E-state index in [4.69, 9.17) is 21.8 Å². The molecule has 2 N–H and O–H groups in total. The van der Waals surface area contributed by atoms with Gasteiger partial charge in [0.05, 0.1) is 20.7 Å². The van der Waals surface area contributed by atoms with Crippen LogP contribution in [0.2, 0.25) is 5.02 Å². The van der Waals surface area contributed by atoms with Crippen LogP contribution >= 0.6 is 27.5 Å². The Bertz CT molecular complexity index is 739. The van der Waals surface area contributed by atoms with Gasteiger partial charge in [-0.15, -0.1) is 0 Å². The number of nitrogen functional groups attached to an aromatic ring is 1. The molecule has 3 rings (SSSR count). The first-order valence-corrected chi connectivity index (χ1v) is 6.43. The molecule has 0 atom stereocenters. The van der Waals surface area contributed by atoms with Crippen LogP contribution in [0.25, 0.3) is 22.6 Å². The van der Waals surface area contributed by atoms with E-state index in [1.54, 1.807) is 6.07 Å². The Balaban J connectivity index is 2.26. The van der Waals surface area contributed by atoms with Gasteiger partial charge in [-0.2, -0.15) is 0 Å². The van der Waals surface area contributed by atoms with Crippen molar-refractivity contribution in [2.45, 2.75) is 0 Å². The zero-order valence-corrected chi connectivity index (χ0v) is 11.5. The van der Waals surface area contributed by atoms with E-state index in [9.17, 15) is 0 Å². The zero-order chi connectivity index (χ0) is 12.7. The second-order valence-electron chi connectivity index (χ2n) is 3.81. The predicted molar refractivity (Wildman–Crippen MR) is 76.6 cm³/mol. The number of oxazole rings is 1. The van der Waals surface area contributed by atoms with E-state index < -0.39 is 0 Å². The molecule has 0 amide bonds. The fraction of sp³-hybridized carbons (Fsp3) is 0. The van der Waals surface area contributed by atoms with Crippen LogP contribution in [-0.2, 0) is 0 Å². The van der Waals surface area contributed by atoms with Crippen molar-refractivity contribution in [3.63, 3.8) is 0 Å². The van der Waals surface area contributed by atoms with Crippen LogP contribution in [0.1, 0.15) is 0 Å². The smallest absolute Gasteiger partial charge is 0.229 e. The number of fused-ring (bicyclic) bond motifs is 1. The van der Waals surface area contributed by atoms with Gasteiger partial charge in [-0.05, 0) is 40.2 Å². The third kappa shape index (κ3) is 1.78. The minimum Gasteiger partial charge on any atom is -0.435 e. The van der Waals surface area contributed by atoms with E-state index in [2.05, 4.69) is 20.9 Å². The maximum Gasteiger partial charge on any atom is 0.229 e. The molecule has 1 aromatic heterocycles. The fourth-order valence-electron chi connectivity index (χ4n) is 1.75. The lowest BCUT2D eigenvalue weighted by Gasteiger charge is -2.02. The van der Waals surface area contributed by atoms with Crippen LogP contribution in [0.15, 0.2) is 45.3 Å². The van der Waals surface area contributed by atoms with Gasteiger partial charge in [0, 0.05) is 0 Å². The van der Waals surface area contributed by atoms with E-state index in [0.29, 0.717) is 27.7 Å². The summed E-state index contributed by atoms with van der Waals surface area (Å²) in [6.45, 7) is 0. The molecule has 0 saturated carbocycles. The minimum absolute atomic E-state index is 0.469. The molecule has 0 aliphatic heterocycles. The Kier molecular flexibility index (Phi) is 2.76. The second-order valence-corrected chi connectivity index (χ2v) is 5.07. The van der Waals surface area contributed by atoms with E-state index >= 15 is 0 Å². The van der Waals surface area contributed by atoms with Crippen molar-refractivity contribution in [2.75, 3.05) is 5.73 Å². The molecule has 2 aromatic carbocycles. The minimum atomic E-state index is 0.469. The lowest BCUT2D eigenvalue weighted by Crippen LogP contribution is -1.90. The summed E-state index contributed by atoms with van der Waals surface area (Å²) in [5.74, 6) is 0.469. The van der Waals surface area contributed by atoms with Gasteiger partial charge < -0.3 is 10.2 Å². The van der Waals surface area contributed by atoms with E-state index in [-0.39, 0.29) is 0 Å². The molecule has 0 fully saturated rings. The van der Waals surface area contributed by atoms with Crippen LogP contribution < -0.4 is 5.73 Å². The van der Waals surface area contributed by atoms with Crippen molar-refractivity contribution in [2.24, 2.45) is 0 Å². The van der Waals surface area contributed by atoms with Crippen LogP contribution in [-0.4, -0.2) is 4.98 Å². The molecule has 0 bridgehead atoms. The maximum atomic E-state index is 5.99. The largest absolute Gasteiger partial charge is 0.435 e. The highest BCUT2D eigenvalue weighted by atomic mass is 79.9. The van der Waals surface area contributed by atoms with Gasteiger partial charge in [-0.25, -0.2) is 4.98 Å². The number of nitrogens with two attached hydrogens (primary N) is 1. The molecular weight excluding hydrogens is 316 g/mol. The third-order valence-corrected chi connectivity index (χ3v) is 3.60. The standard InChI is InChI=1S/C13H8BrClN2O/c14-8-4-2-6-10-12(8)18-13(17-10)7-3-1-5-9(15)11(7)16/h1-6H,16H2. The zero-order valence-electron chi connectivity index (χ0n) is 9.15. The van der Waals surface area contributed by atoms with Crippen molar-refractivity contribution < 1.29 is 4.42 Å². The summed E-state index contributed by atoms with van der Waals surface area (Å²) in [6.07, 6.45) is 0. The van der Waals surface area contributed by atoms with Crippen molar-refractivity contribution >= 4 is 44.3 Å². The third-order valence-electron chi connectivity index (χ3n) is 2.65. The van der Waals surface area contributed by atoms with Crippen LogP contribution in [0, 0.1) is 0 Å². The first-order valence-electron chi connectivity index (χ1n) is 5.26. The highest BCUT2D eigenvalue weighted by Gasteiger charge is 2.13. The topological polar surface area (TPSA) is 52.0 Å². The molecule has 0 unspecified atom stereocenters. The number of anilines is 1. The summed E-state index contributed by atoms with van der Waals surface area (Å²) in [7, 11) is 0. The lowest BCUT2D eigenvalue weighted by molar-refractivity contribution is 0.618. The summed E-state index contributed by atoms with van der Waals surface area (Å²) >= 11 is 9.41. The molecule has 0 aliphatic rings. The van der Waals surface area contributed by atoms with E-state index in [1.807, 2.05) is 30.3 Å². The number of hydrogen-bond donors (Lipinski definition) is 1. The Labute approximate surface area is 117 Å². The Morgan fingerprint density at radius 3 is 2.72 bits per heavy atom. The summed E-state index contributed by atoms with van der Waals surface area (Å²) in [5.41, 5.74) is 8.58. The fourth-order valence-corrected chi connectivity index (χ4v) is 2.37. The Hall–Kier alpha value is -1.52. The number of nitrogens with zero attached hydrogens (tertiary/aromatic N) is 1. The lowest BCUT2D eigenvalue weighted by atomic mass is 10.2. The first-order chi connectivity index (χ1) is 8.66. The first kappa shape index (κ1) is 11.6. The normalized spacial score (nSPS) is 11.0. The number of aromatic nitrogens is 1. The number of rotatable bonds is 1. The number of halogens is 2. The Morgan fingerprint density at radius 2 is 1.94 bits per heavy atom. The molecule has 5 heteroatoms. The van der Waals surface area contributed by atoms with Gasteiger partial charge in [0.25, 0.3) is 0 Å². The SMILES string of the molecule is Nc1c(Cl)cccc1-c1nc2cccc(Br)c2o1. The highest BCUT2D eigenvalue weighted by Crippen LogP contribution is 2.34. The molecule has 18 heavy (non-hydrogen) atoms. The van der Waals surface area contributed by atoms with E-state index in [0.717, 1.165) is 9.99 Å². The molecule has 1 heterocycles. The van der Waals surface area contributed by atoms with Gasteiger partial charge in [0.1, 0.15) is 5.52 Å². The maximum absolute atomic E-state index is 5.99. The van der Waals surface area contributed by atoms with Gasteiger partial charge >= 0.3 is 0 Å². The molecule has 0 saturated heterocycles. The van der Waals surface area contributed by atoms with E-state index in [1.165, 1.54) is 0 Å². The Morgan fingerprint density at radius 1 is 1.17 bits per heavy atom. The quantitative estimate of drug-likeness (QED) is 0.671. The number of benzene rings is 2. The average molecular weight is 324 g/mol. The molecule has 0 radical (unpaired) electrons. The average Bonchev–Trinajstić information content (AvgIpc) is 2.78. The van der Waals surface area contributed by atoms with Gasteiger partial charge in [-0.3, -0.25) is 0 Å². The monoisotopic (exact) mass is 322 g/mol. The molecule has 90 valence electrons. The molecule has 3 aromatic rings. The van der Waals surface area contributed by atoms with Crippen LogP contribution in [0.5, 0.6) is 0 Å². The van der Waals surface area contributed by atoms with Gasteiger partial charge in [0.2, 0.25) is 5.89 Å². The summed E-state index contributed by atoms with van der Waals surface area (Å²) in [6, 6.07) is 11.1. The summed E-state index contributed by atoms with van der Waals surface area (Å²) < 4.78 is 6.58. The van der Waals surface area contributed by atoms with Crippen molar-refractivity contribution in [1.29, 1.82) is 0 Å². The van der Waals surface area contributed by atoms with Crippen molar-refractivity contribution in [3.8, 4) is 11.5 Å². The number of hydrogen-bond acceptors (Lipinski definition) is 3. The van der Waals surface area contributed by atoms with Gasteiger partial charge in [-0.1, -0.05) is 23.7 Å². The summed E-state index contributed by atoms with van der Waals surface area (Å²) in [4.78, 5) is 4.41. The molecule has 3 nitrogen and oxygen atoms in total.